The highest BCUT2D eigenvalue weighted by Crippen LogP contribution is 2.34. The molecule has 5 rings (SSSR count). The van der Waals surface area contributed by atoms with Gasteiger partial charge in [-0.1, -0.05) is 102 Å². The molecule has 0 unspecified atom stereocenters. The Morgan fingerprint density at radius 2 is 1.24 bits per heavy atom. The average molecular weight is 428 g/mol. The third kappa shape index (κ3) is 4.27. The summed E-state index contributed by atoms with van der Waals surface area (Å²) in [4.78, 5) is 13.1. The van der Waals surface area contributed by atoms with Gasteiger partial charge in [-0.3, -0.25) is 4.79 Å². The van der Waals surface area contributed by atoms with Gasteiger partial charge in [0.15, 0.2) is 5.78 Å². The van der Waals surface area contributed by atoms with E-state index in [1.54, 1.807) is 6.07 Å². The van der Waals surface area contributed by atoms with Crippen molar-refractivity contribution in [2.24, 2.45) is 10.3 Å². The summed E-state index contributed by atoms with van der Waals surface area (Å²) in [5.41, 5.74) is 3.44. The first kappa shape index (κ1) is 20.3. The van der Waals surface area contributed by atoms with Crippen LogP contribution in [0.1, 0.15) is 15.9 Å². The second-order valence-corrected chi connectivity index (χ2v) is 7.55. The zero-order valence-corrected chi connectivity index (χ0v) is 17.9. The summed E-state index contributed by atoms with van der Waals surface area (Å²) >= 11 is 0. The van der Waals surface area contributed by atoms with Gasteiger partial charge in [0.05, 0.1) is 22.6 Å². The highest BCUT2D eigenvalue weighted by Gasteiger charge is 2.15. The Labute approximate surface area is 192 Å². The molecule has 0 bridgehead atoms. The van der Waals surface area contributed by atoms with E-state index in [0.717, 1.165) is 22.1 Å². The maximum atomic E-state index is 13.1. The molecule has 0 radical (unpaired) electrons. The number of para-hydroxylation sites is 1. The normalized spacial score (nSPS) is 11.0. The first-order valence-electron chi connectivity index (χ1n) is 10.7. The molecule has 4 heteroatoms. The number of nitrogens with zero attached hydrogens (tertiary/aromatic N) is 3. The number of rotatable bonds is 6. The minimum Gasteiger partial charge on any atom is -0.289 e. The van der Waals surface area contributed by atoms with Crippen molar-refractivity contribution in [1.29, 1.82) is 0 Å². The maximum absolute atomic E-state index is 13.1. The molecule has 5 aromatic rings. The molecule has 0 aliphatic carbocycles. The predicted molar refractivity (Wildman–Crippen MR) is 133 cm³/mol. The van der Waals surface area contributed by atoms with Crippen LogP contribution in [0.25, 0.3) is 10.8 Å². The van der Waals surface area contributed by atoms with Crippen LogP contribution in [0.15, 0.2) is 138 Å². The monoisotopic (exact) mass is 427 g/mol. The lowest BCUT2D eigenvalue weighted by Crippen LogP contribution is -2.08. The molecular weight excluding hydrogens is 406 g/mol. The lowest BCUT2D eigenvalue weighted by atomic mass is 10.0. The minimum absolute atomic E-state index is 0.0819. The second-order valence-electron chi connectivity index (χ2n) is 7.55. The maximum Gasteiger partial charge on any atom is 0.195 e. The minimum atomic E-state index is -0.0819. The number of anilines is 2. The highest BCUT2D eigenvalue weighted by atomic mass is 16.1. The van der Waals surface area contributed by atoms with Gasteiger partial charge in [0.2, 0.25) is 0 Å². The lowest BCUT2D eigenvalue weighted by Gasteiger charge is -2.20. The van der Waals surface area contributed by atoms with Gasteiger partial charge in [-0.25, -0.2) is 5.01 Å². The molecule has 0 aromatic heterocycles. The van der Waals surface area contributed by atoms with Crippen molar-refractivity contribution >= 4 is 33.6 Å². The number of hydrogen-bond donors (Lipinski definition) is 0. The van der Waals surface area contributed by atoms with Crippen molar-refractivity contribution in [3.8, 4) is 0 Å². The van der Waals surface area contributed by atoms with Crippen molar-refractivity contribution in [2.45, 2.75) is 0 Å². The topological polar surface area (TPSA) is 45.0 Å². The van der Waals surface area contributed by atoms with Gasteiger partial charge >= 0.3 is 0 Å². The van der Waals surface area contributed by atoms with Crippen LogP contribution in [0.3, 0.4) is 0 Å². The molecule has 0 N–H and O–H groups in total. The zero-order valence-electron chi connectivity index (χ0n) is 17.9. The van der Waals surface area contributed by atoms with Gasteiger partial charge in [0.1, 0.15) is 0 Å². The lowest BCUT2D eigenvalue weighted by molar-refractivity contribution is 0.103. The summed E-state index contributed by atoms with van der Waals surface area (Å²) in [6.07, 6.45) is 0. The van der Waals surface area contributed by atoms with Gasteiger partial charge in [0, 0.05) is 10.9 Å². The third-order valence-electron chi connectivity index (χ3n) is 5.42. The Hall–Kier alpha value is -4.57. The standard InChI is InChI=1S/C29H21N3O/c33-29(23-13-3-1-4-14-23)26-19-9-10-20-27(26)30-31-32(24-16-5-2-6-17-24)28-21-11-15-22-12-7-8-18-25(22)28/h1-21H. The van der Waals surface area contributed by atoms with E-state index < -0.39 is 0 Å². The fourth-order valence-corrected chi connectivity index (χ4v) is 3.79. The fraction of sp³-hybridized carbons (Fsp3) is 0. The van der Waals surface area contributed by atoms with Crippen LogP contribution in [0.4, 0.5) is 17.1 Å². The number of carbonyl (C=O) groups is 1. The predicted octanol–water partition coefficient (Wildman–Crippen LogP) is 7.91. The van der Waals surface area contributed by atoms with Crippen LogP contribution in [0.2, 0.25) is 0 Å². The molecule has 0 saturated carbocycles. The fourth-order valence-electron chi connectivity index (χ4n) is 3.79. The van der Waals surface area contributed by atoms with E-state index >= 15 is 0 Å². The summed E-state index contributed by atoms with van der Waals surface area (Å²) < 4.78 is 0. The Bertz CT molecular complexity index is 1420. The van der Waals surface area contributed by atoms with Crippen LogP contribution >= 0.6 is 0 Å². The van der Waals surface area contributed by atoms with Crippen molar-refractivity contribution < 1.29 is 4.79 Å². The van der Waals surface area contributed by atoms with Crippen LogP contribution in [0, 0.1) is 0 Å². The molecular formula is C29H21N3O. The SMILES string of the molecule is O=C(c1ccccc1)c1ccccc1N=NN(c1ccccc1)c1cccc2ccccc12. The van der Waals surface area contributed by atoms with Gasteiger partial charge in [-0.05, 0) is 35.7 Å². The summed E-state index contributed by atoms with van der Waals surface area (Å²) in [5.74, 6) is -0.0819. The Balaban J connectivity index is 1.59. The molecule has 158 valence electrons. The van der Waals surface area contributed by atoms with Gasteiger partial charge < -0.3 is 0 Å². The molecule has 5 aromatic carbocycles. The molecule has 0 atom stereocenters. The van der Waals surface area contributed by atoms with E-state index in [2.05, 4.69) is 28.5 Å². The zero-order chi connectivity index (χ0) is 22.5. The molecule has 0 amide bonds. The van der Waals surface area contributed by atoms with E-state index in [-0.39, 0.29) is 5.78 Å². The molecule has 0 saturated heterocycles. The van der Waals surface area contributed by atoms with Gasteiger partial charge in [-0.15, -0.1) is 5.11 Å². The summed E-state index contributed by atoms with van der Waals surface area (Å²) in [7, 11) is 0. The third-order valence-corrected chi connectivity index (χ3v) is 5.42. The van der Waals surface area contributed by atoms with E-state index in [1.165, 1.54) is 0 Å². The van der Waals surface area contributed by atoms with E-state index in [4.69, 9.17) is 0 Å². The van der Waals surface area contributed by atoms with E-state index in [1.807, 2.05) is 108 Å². The Morgan fingerprint density at radius 3 is 2.06 bits per heavy atom. The number of carbonyl (C=O) groups excluding carboxylic acids is 1. The number of ketones is 1. The molecule has 0 heterocycles. The van der Waals surface area contributed by atoms with Crippen LogP contribution < -0.4 is 5.01 Å². The molecule has 0 aliphatic heterocycles. The van der Waals surface area contributed by atoms with Crippen molar-refractivity contribution in [1.82, 2.24) is 0 Å². The molecule has 0 spiro atoms. The largest absolute Gasteiger partial charge is 0.289 e. The molecule has 0 aliphatic rings. The molecule has 33 heavy (non-hydrogen) atoms. The van der Waals surface area contributed by atoms with Crippen LogP contribution in [0.5, 0.6) is 0 Å². The number of hydrogen-bond acceptors (Lipinski definition) is 3. The van der Waals surface area contributed by atoms with E-state index in [9.17, 15) is 4.79 Å². The average Bonchev–Trinajstić information content (AvgIpc) is 2.90. The smallest absolute Gasteiger partial charge is 0.195 e. The number of fused-ring (bicyclic) bond motifs is 1. The Morgan fingerprint density at radius 1 is 0.606 bits per heavy atom. The highest BCUT2D eigenvalue weighted by molar-refractivity contribution is 6.11. The first-order chi connectivity index (χ1) is 16.3. The van der Waals surface area contributed by atoms with Crippen molar-refractivity contribution in [3.05, 3.63) is 139 Å². The summed E-state index contributed by atoms with van der Waals surface area (Å²) in [5, 5.41) is 13.2. The number of benzene rings is 5. The summed E-state index contributed by atoms with van der Waals surface area (Å²) in [6, 6.07) is 40.7. The van der Waals surface area contributed by atoms with Gasteiger partial charge in [-0.2, -0.15) is 0 Å². The van der Waals surface area contributed by atoms with Crippen LogP contribution in [-0.4, -0.2) is 5.78 Å². The molecule has 4 nitrogen and oxygen atoms in total. The van der Waals surface area contributed by atoms with Crippen LogP contribution in [-0.2, 0) is 0 Å². The Kier molecular flexibility index (Phi) is 5.72. The van der Waals surface area contributed by atoms with Gasteiger partial charge in [0.25, 0.3) is 0 Å². The molecule has 0 fully saturated rings. The quantitative estimate of drug-likeness (QED) is 0.157. The van der Waals surface area contributed by atoms with E-state index in [0.29, 0.717) is 16.8 Å². The second kappa shape index (κ2) is 9.28. The van der Waals surface area contributed by atoms with Crippen molar-refractivity contribution in [3.63, 3.8) is 0 Å². The summed E-state index contributed by atoms with van der Waals surface area (Å²) in [6.45, 7) is 0. The van der Waals surface area contributed by atoms with Crippen molar-refractivity contribution in [2.75, 3.05) is 5.01 Å². The first-order valence-corrected chi connectivity index (χ1v) is 10.7.